The second-order valence-electron chi connectivity index (χ2n) is 9.19. The van der Waals surface area contributed by atoms with E-state index in [0.29, 0.717) is 19.1 Å². The number of aromatic nitrogens is 2. The van der Waals surface area contributed by atoms with Crippen LogP contribution in [0.4, 0.5) is 5.82 Å². The smallest absolute Gasteiger partial charge is 0.307 e. The van der Waals surface area contributed by atoms with Crippen LogP contribution in [0, 0.1) is 6.92 Å². The summed E-state index contributed by atoms with van der Waals surface area (Å²) in [5.41, 5.74) is 4.75. The van der Waals surface area contributed by atoms with Crippen molar-refractivity contribution in [2.24, 2.45) is 0 Å². The fourth-order valence-electron chi connectivity index (χ4n) is 4.63. The fraction of sp³-hybridized carbons (Fsp3) is 0.577. The van der Waals surface area contributed by atoms with E-state index in [0.717, 1.165) is 70.0 Å². The highest BCUT2D eigenvalue weighted by Crippen LogP contribution is 2.22. The standard InChI is InChI=1S/C26H37N5O2/c1-3-33-25(32)12-15-31(17-21-9-8-20(2)28-16-21)24-18-30(19-24)14-5-7-23-11-10-22-6-4-13-27-26(22)29-23/h8-11,16,24H,3-7,12-15,17-19H2,1-2H3,(H,27,29). The molecule has 1 saturated heterocycles. The summed E-state index contributed by atoms with van der Waals surface area (Å²) in [6, 6.07) is 9.08. The van der Waals surface area contributed by atoms with E-state index < -0.39 is 0 Å². The molecule has 1 fully saturated rings. The predicted molar refractivity (Wildman–Crippen MR) is 130 cm³/mol. The van der Waals surface area contributed by atoms with Gasteiger partial charge in [0.25, 0.3) is 0 Å². The van der Waals surface area contributed by atoms with Crippen LogP contribution < -0.4 is 5.32 Å². The molecule has 2 aliphatic heterocycles. The summed E-state index contributed by atoms with van der Waals surface area (Å²) in [7, 11) is 0. The predicted octanol–water partition coefficient (Wildman–Crippen LogP) is 3.22. The van der Waals surface area contributed by atoms with Crippen molar-refractivity contribution in [1.82, 2.24) is 19.8 Å². The zero-order valence-electron chi connectivity index (χ0n) is 20.1. The number of ether oxygens (including phenoxy) is 1. The van der Waals surface area contributed by atoms with Crippen LogP contribution in [0.15, 0.2) is 30.5 Å². The SMILES string of the molecule is CCOC(=O)CCN(Cc1ccc(C)nc1)C1CN(CCCc2ccc3c(n2)NCCC3)C1. The number of nitrogens with zero attached hydrogens (tertiary/aromatic N) is 4. The van der Waals surface area contributed by atoms with Crippen LogP contribution in [-0.4, -0.2) is 71.1 Å². The Morgan fingerprint density at radius 1 is 1.27 bits per heavy atom. The molecule has 0 aromatic carbocycles. The largest absolute Gasteiger partial charge is 0.466 e. The number of hydrogen-bond donors (Lipinski definition) is 1. The van der Waals surface area contributed by atoms with Gasteiger partial charge in [0, 0.05) is 56.4 Å². The van der Waals surface area contributed by atoms with Crippen molar-refractivity contribution < 1.29 is 9.53 Å². The summed E-state index contributed by atoms with van der Waals surface area (Å²) < 4.78 is 5.14. The van der Waals surface area contributed by atoms with Crippen molar-refractivity contribution in [1.29, 1.82) is 0 Å². The van der Waals surface area contributed by atoms with Crippen molar-refractivity contribution in [2.45, 2.75) is 58.5 Å². The van der Waals surface area contributed by atoms with Gasteiger partial charge < -0.3 is 15.0 Å². The van der Waals surface area contributed by atoms with Gasteiger partial charge in [-0.25, -0.2) is 4.98 Å². The highest BCUT2D eigenvalue weighted by Gasteiger charge is 2.31. The summed E-state index contributed by atoms with van der Waals surface area (Å²) in [6.45, 7) is 10.0. The molecule has 0 atom stereocenters. The second-order valence-corrected chi connectivity index (χ2v) is 9.19. The summed E-state index contributed by atoms with van der Waals surface area (Å²) >= 11 is 0. The van der Waals surface area contributed by atoms with Gasteiger partial charge in [0.1, 0.15) is 5.82 Å². The van der Waals surface area contributed by atoms with Gasteiger partial charge in [-0.1, -0.05) is 12.1 Å². The molecule has 0 bridgehead atoms. The number of esters is 1. The van der Waals surface area contributed by atoms with Gasteiger partial charge in [-0.15, -0.1) is 0 Å². The Kier molecular flexibility index (Phi) is 8.29. The zero-order valence-corrected chi connectivity index (χ0v) is 20.1. The van der Waals surface area contributed by atoms with E-state index in [4.69, 9.17) is 9.72 Å². The molecule has 0 unspecified atom stereocenters. The number of nitrogens with one attached hydrogen (secondary N) is 1. The molecule has 4 rings (SSSR count). The van der Waals surface area contributed by atoms with Crippen LogP contribution in [0.3, 0.4) is 0 Å². The minimum Gasteiger partial charge on any atom is -0.466 e. The molecule has 0 radical (unpaired) electrons. The van der Waals surface area contributed by atoms with Gasteiger partial charge >= 0.3 is 5.97 Å². The number of anilines is 1. The minimum atomic E-state index is -0.118. The number of fused-ring (bicyclic) bond motifs is 1. The highest BCUT2D eigenvalue weighted by molar-refractivity contribution is 5.69. The average molecular weight is 452 g/mol. The molecule has 1 N–H and O–H groups in total. The number of likely N-dealkylation sites (tertiary alicyclic amines) is 1. The molecule has 2 aliphatic rings. The molecule has 2 aromatic rings. The molecule has 0 saturated carbocycles. The van der Waals surface area contributed by atoms with Crippen LogP contribution in [0.1, 0.15) is 48.7 Å². The van der Waals surface area contributed by atoms with E-state index >= 15 is 0 Å². The lowest BCUT2D eigenvalue weighted by atomic mass is 10.0. The van der Waals surface area contributed by atoms with Gasteiger partial charge in [-0.2, -0.15) is 0 Å². The lowest BCUT2D eigenvalue weighted by Crippen LogP contribution is -2.59. The number of pyridine rings is 2. The van der Waals surface area contributed by atoms with Crippen molar-refractivity contribution in [3.05, 3.63) is 53.0 Å². The quantitative estimate of drug-likeness (QED) is 0.526. The summed E-state index contributed by atoms with van der Waals surface area (Å²) in [5, 5.41) is 3.43. The maximum absolute atomic E-state index is 11.9. The Labute approximate surface area is 197 Å². The number of rotatable bonds is 11. The van der Waals surface area contributed by atoms with Crippen LogP contribution in [0.5, 0.6) is 0 Å². The van der Waals surface area contributed by atoms with E-state index in [-0.39, 0.29) is 5.97 Å². The van der Waals surface area contributed by atoms with Crippen molar-refractivity contribution >= 4 is 11.8 Å². The Hall–Kier alpha value is -2.51. The molecule has 0 spiro atoms. The van der Waals surface area contributed by atoms with Crippen molar-refractivity contribution in [2.75, 3.05) is 44.6 Å². The maximum Gasteiger partial charge on any atom is 0.307 e. The van der Waals surface area contributed by atoms with Crippen LogP contribution in [-0.2, 0) is 28.9 Å². The molecule has 0 amide bonds. The molecule has 2 aromatic heterocycles. The van der Waals surface area contributed by atoms with Crippen LogP contribution >= 0.6 is 0 Å². The molecular formula is C26H37N5O2. The molecule has 4 heterocycles. The van der Waals surface area contributed by atoms with Gasteiger partial charge in [-0.05, 0) is 69.3 Å². The maximum atomic E-state index is 11.9. The Bertz CT molecular complexity index is 911. The second kappa shape index (κ2) is 11.6. The van der Waals surface area contributed by atoms with Crippen LogP contribution in [0.25, 0.3) is 0 Å². The molecule has 7 nitrogen and oxygen atoms in total. The zero-order chi connectivity index (χ0) is 23.0. The molecule has 7 heteroatoms. The third-order valence-corrected chi connectivity index (χ3v) is 6.58. The first-order chi connectivity index (χ1) is 16.1. The lowest BCUT2D eigenvalue weighted by Gasteiger charge is -2.45. The van der Waals surface area contributed by atoms with Crippen molar-refractivity contribution in [3.8, 4) is 0 Å². The third-order valence-electron chi connectivity index (χ3n) is 6.58. The molecular weight excluding hydrogens is 414 g/mol. The first-order valence-electron chi connectivity index (χ1n) is 12.4. The number of aryl methyl sites for hydroxylation is 3. The van der Waals surface area contributed by atoms with Crippen LogP contribution in [0.2, 0.25) is 0 Å². The topological polar surface area (TPSA) is 70.6 Å². The first kappa shape index (κ1) is 23.6. The van der Waals surface area contributed by atoms with E-state index in [2.05, 4.69) is 44.4 Å². The highest BCUT2D eigenvalue weighted by atomic mass is 16.5. The van der Waals surface area contributed by atoms with Gasteiger partial charge in [0.2, 0.25) is 0 Å². The number of carbonyl (C=O) groups excluding carboxylic acids is 1. The average Bonchev–Trinajstić information content (AvgIpc) is 2.80. The monoisotopic (exact) mass is 451 g/mol. The Morgan fingerprint density at radius 3 is 2.94 bits per heavy atom. The van der Waals surface area contributed by atoms with E-state index in [1.54, 1.807) is 0 Å². The first-order valence-corrected chi connectivity index (χ1v) is 12.4. The normalized spacial score (nSPS) is 16.2. The van der Waals surface area contributed by atoms with Gasteiger partial charge in [0.15, 0.2) is 0 Å². The van der Waals surface area contributed by atoms with E-state index in [1.165, 1.54) is 23.2 Å². The van der Waals surface area contributed by atoms with Gasteiger partial charge in [-0.3, -0.25) is 14.7 Å². The third kappa shape index (κ3) is 6.74. The molecule has 33 heavy (non-hydrogen) atoms. The Balaban J connectivity index is 1.24. The molecule has 0 aliphatic carbocycles. The Morgan fingerprint density at radius 2 is 2.15 bits per heavy atom. The van der Waals surface area contributed by atoms with E-state index in [9.17, 15) is 4.79 Å². The lowest BCUT2D eigenvalue weighted by molar-refractivity contribution is -0.143. The number of carbonyl (C=O) groups is 1. The molecule has 178 valence electrons. The minimum absolute atomic E-state index is 0.118. The van der Waals surface area contributed by atoms with Crippen molar-refractivity contribution in [3.63, 3.8) is 0 Å². The summed E-state index contributed by atoms with van der Waals surface area (Å²) in [5.74, 6) is 0.971. The van der Waals surface area contributed by atoms with E-state index in [1.807, 2.05) is 20.0 Å². The number of hydrogen-bond acceptors (Lipinski definition) is 7. The van der Waals surface area contributed by atoms with Gasteiger partial charge in [0.05, 0.1) is 13.0 Å². The summed E-state index contributed by atoms with van der Waals surface area (Å²) in [6.07, 6.45) is 6.84. The summed E-state index contributed by atoms with van der Waals surface area (Å²) in [4.78, 5) is 26.1. The fourth-order valence-corrected chi connectivity index (χ4v) is 4.63.